The SMILES string of the molecule is CC(C)(C)OC(=O)/N=C(\NCCCC[C@@H](N)C(=O)NCCCN(CCCNC(=O)[C@@H](CCCCN/C(=N\C(=O)OC(C)(C)C)NC(=O)OC(C)(C)C)NC(=O)OC(C)(C)C)CCOc1ccc(CCCCN)cc1)NC(=O)OC(C)(C)C. The van der Waals surface area contributed by atoms with E-state index >= 15 is 0 Å². The van der Waals surface area contributed by atoms with Gasteiger partial charge < -0.3 is 66.5 Å². The van der Waals surface area contributed by atoms with Crippen LogP contribution in [0.15, 0.2) is 34.3 Å². The maximum Gasteiger partial charge on any atom is 0.437 e. The van der Waals surface area contributed by atoms with E-state index in [2.05, 4.69) is 64.2 Å². The van der Waals surface area contributed by atoms with Crippen molar-refractivity contribution in [3.05, 3.63) is 29.8 Å². The first-order valence-corrected chi connectivity index (χ1v) is 28.6. The highest BCUT2D eigenvalue weighted by Crippen LogP contribution is 2.16. The van der Waals surface area contributed by atoms with Crippen molar-refractivity contribution in [3.8, 4) is 5.75 Å². The monoisotopic (exact) mass is 1160 g/mol. The number of amides is 7. The Balaban J connectivity index is 2.96. The van der Waals surface area contributed by atoms with Gasteiger partial charge in [0.2, 0.25) is 23.7 Å². The maximum atomic E-state index is 13.7. The average molecular weight is 1160 g/mol. The lowest BCUT2D eigenvalue weighted by molar-refractivity contribution is -0.123. The second-order valence-corrected chi connectivity index (χ2v) is 24.7. The van der Waals surface area contributed by atoms with E-state index in [1.54, 1.807) is 104 Å². The van der Waals surface area contributed by atoms with Crippen molar-refractivity contribution < 1.29 is 62.0 Å². The fourth-order valence-corrected chi connectivity index (χ4v) is 7.14. The predicted molar refractivity (Wildman–Crippen MR) is 317 cm³/mol. The minimum Gasteiger partial charge on any atom is -0.492 e. The van der Waals surface area contributed by atoms with Gasteiger partial charge in [-0.2, -0.15) is 0 Å². The van der Waals surface area contributed by atoms with Crippen molar-refractivity contribution in [2.45, 2.75) is 215 Å². The summed E-state index contributed by atoms with van der Waals surface area (Å²) in [7, 11) is 0. The Labute approximate surface area is 487 Å². The van der Waals surface area contributed by atoms with Crippen molar-refractivity contribution in [2.24, 2.45) is 21.5 Å². The summed E-state index contributed by atoms with van der Waals surface area (Å²) < 4.78 is 32.8. The van der Waals surface area contributed by atoms with Gasteiger partial charge in [0, 0.05) is 32.7 Å². The van der Waals surface area contributed by atoms with Crippen molar-refractivity contribution in [1.82, 2.24) is 42.1 Å². The van der Waals surface area contributed by atoms with Crippen LogP contribution in [0.25, 0.3) is 0 Å². The molecule has 0 aliphatic heterocycles. The summed E-state index contributed by atoms with van der Waals surface area (Å²) in [6, 6.07) is 6.30. The summed E-state index contributed by atoms with van der Waals surface area (Å²) in [5.41, 5.74) is 9.12. The molecule has 2 atom stereocenters. The number of nitrogens with one attached hydrogen (secondary N) is 7. The summed E-state index contributed by atoms with van der Waals surface area (Å²) in [6.45, 7) is 29.5. The molecule has 0 fully saturated rings. The molecule has 468 valence electrons. The number of benzene rings is 1. The summed E-state index contributed by atoms with van der Waals surface area (Å²) in [4.78, 5) is 99.5. The molecule has 11 N–H and O–H groups in total. The number of carbonyl (C=O) groups excluding carboxylic acids is 7. The molecule has 0 bridgehead atoms. The normalized spacial score (nSPS) is 13.2. The molecular formula is C57H102N12O13. The lowest BCUT2D eigenvalue weighted by Gasteiger charge is -2.24. The van der Waals surface area contributed by atoms with E-state index in [9.17, 15) is 33.6 Å². The van der Waals surface area contributed by atoms with Crippen LogP contribution in [0.4, 0.5) is 24.0 Å². The number of alkyl carbamates (subject to hydrolysis) is 3. The number of hydrogen-bond acceptors (Lipinski definition) is 16. The van der Waals surface area contributed by atoms with E-state index in [-0.39, 0.29) is 37.3 Å². The van der Waals surface area contributed by atoms with Crippen LogP contribution >= 0.6 is 0 Å². The quantitative estimate of drug-likeness (QED) is 0.0168. The smallest absolute Gasteiger partial charge is 0.437 e. The molecule has 0 aromatic heterocycles. The van der Waals surface area contributed by atoms with E-state index < -0.39 is 76.5 Å². The summed E-state index contributed by atoms with van der Waals surface area (Å²) >= 11 is 0. The first kappa shape index (κ1) is 73.5. The number of ether oxygens (including phenoxy) is 6. The van der Waals surface area contributed by atoms with Crippen molar-refractivity contribution in [2.75, 3.05) is 59.0 Å². The molecule has 1 aromatic carbocycles. The third-order valence-electron chi connectivity index (χ3n) is 10.6. The van der Waals surface area contributed by atoms with Gasteiger partial charge in [-0.05, 0) is 212 Å². The number of aryl methyl sites for hydroxylation is 1. The van der Waals surface area contributed by atoms with Crippen molar-refractivity contribution >= 4 is 54.2 Å². The lowest BCUT2D eigenvalue weighted by Crippen LogP contribution is -2.48. The van der Waals surface area contributed by atoms with Crippen molar-refractivity contribution in [3.63, 3.8) is 0 Å². The highest BCUT2D eigenvalue weighted by Gasteiger charge is 2.26. The van der Waals surface area contributed by atoms with Gasteiger partial charge in [0.05, 0.1) is 6.04 Å². The Morgan fingerprint density at radius 1 is 0.500 bits per heavy atom. The number of aliphatic imine (C=N–C) groups is 2. The number of carbonyl (C=O) groups is 7. The van der Waals surface area contributed by atoms with Crippen LogP contribution in [0.5, 0.6) is 5.75 Å². The molecule has 0 aliphatic carbocycles. The molecule has 0 aliphatic rings. The van der Waals surface area contributed by atoms with E-state index in [1.165, 1.54) is 5.56 Å². The molecule has 0 unspecified atom stereocenters. The second kappa shape index (κ2) is 36.9. The van der Waals surface area contributed by atoms with Crippen molar-refractivity contribution in [1.29, 1.82) is 0 Å². The van der Waals surface area contributed by atoms with Gasteiger partial charge in [0.1, 0.15) is 46.4 Å². The minimum absolute atomic E-state index is 0.132. The standard InChI is InChI=1S/C57H102N12O13/c1-53(2,3)78-48(72)64-43(26-18-21-33-63-47(67-51(75)81-56(10,11)12)68-52(76)82-57(13,14)15)45(71)61-35-23-37-69(38-39-77-41-29-27-40(28-30-41)24-16-19-31-58)36-22-34-60-44(70)42(59)25-17-20-32-62-46(65-49(73)79-54(4,5)6)66-50(74)80-55(7,8)9/h27-30,42-43H,16-26,31-39,58-59H2,1-15H3,(H,60,70)(H,61,71)(H,64,72)(H2,62,65,66,73,74)(H2,63,67,68,75,76)/t42-,43-/m1/s1. The van der Waals surface area contributed by atoms with Crippen LogP contribution in [0.1, 0.15) is 174 Å². The van der Waals surface area contributed by atoms with E-state index in [4.69, 9.17) is 39.9 Å². The molecule has 1 rings (SSSR count). The highest BCUT2D eigenvalue weighted by atomic mass is 16.6. The fourth-order valence-electron chi connectivity index (χ4n) is 7.14. The summed E-state index contributed by atoms with van der Waals surface area (Å²) in [6.07, 6.45) is 2.45. The number of guanidine groups is 2. The number of nitrogens with two attached hydrogens (primary N) is 2. The van der Waals surface area contributed by atoms with Crippen LogP contribution in [0.2, 0.25) is 0 Å². The largest absolute Gasteiger partial charge is 0.492 e. The summed E-state index contributed by atoms with van der Waals surface area (Å²) in [5, 5.41) is 19.4. The number of unbranched alkanes of at least 4 members (excludes halogenated alkanes) is 3. The van der Waals surface area contributed by atoms with Gasteiger partial charge in [0.25, 0.3) is 0 Å². The first-order valence-electron chi connectivity index (χ1n) is 28.6. The molecule has 0 saturated carbocycles. The highest BCUT2D eigenvalue weighted by molar-refractivity contribution is 5.99. The van der Waals surface area contributed by atoms with Gasteiger partial charge in [-0.25, -0.2) is 24.0 Å². The van der Waals surface area contributed by atoms with E-state index in [0.29, 0.717) is 90.8 Å². The minimum atomic E-state index is -0.945. The molecule has 0 radical (unpaired) electrons. The van der Waals surface area contributed by atoms with Gasteiger partial charge in [0.15, 0.2) is 0 Å². The Kier molecular flexibility index (Phi) is 33.1. The molecule has 0 heterocycles. The van der Waals surface area contributed by atoms with Crippen LogP contribution < -0.4 is 53.4 Å². The zero-order valence-electron chi connectivity index (χ0n) is 51.9. The Bertz CT molecular complexity index is 2180. The fraction of sp³-hybridized carbons (Fsp3) is 0.737. The third-order valence-corrected chi connectivity index (χ3v) is 10.6. The summed E-state index contributed by atoms with van der Waals surface area (Å²) in [5.74, 6) is -0.262. The Morgan fingerprint density at radius 2 is 0.927 bits per heavy atom. The van der Waals surface area contributed by atoms with Crippen LogP contribution in [0, 0.1) is 0 Å². The molecule has 0 spiro atoms. The van der Waals surface area contributed by atoms with Gasteiger partial charge >= 0.3 is 30.5 Å². The molecule has 25 nitrogen and oxygen atoms in total. The van der Waals surface area contributed by atoms with E-state index in [1.807, 2.05) is 12.1 Å². The van der Waals surface area contributed by atoms with Crippen LogP contribution in [-0.4, -0.2) is 158 Å². The van der Waals surface area contributed by atoms with Gasteiger partial charge in [-0.1, -0.05) is 12.1 Å². The molecule has 7 amide bonds. The van der Waals surface area contributed by atoms with Gasteiger partial charge in [-0.15, -0.1) is 9.98 Å². The maximum absolute atomic E-state index is 13.7. The third kappa shape index (κ3) is 40.7. The molecule has 0 saturated heterocycles. The van der Waals surface area contributed by atoms with Gasteiger partial charge in [-0.3, -0.25) is 25.1 Å². The van der Waals surface area contributed by atoms with Crippen LogP contribution in [-0.2, 0) is 39.7 Å². The molecular weight excluding hydrogens is 1060 g/mol. The number of rotatable bonds is 29. The average Bonchev–Trinajstić information content (AvgIpc) is 3.31. The molecule has 1 aromatic rings. The van der Waals surface area contributed by atoms with E-state index in [0.717, 1.165) is 25.0 Å². The Morgan fingerprint density at radius 3 is 1.38 bits per heavy atom. The predicted octanol–water partition coefficient (Wildman–Crippen LogP) is 7.03. The van der Waals surface area contributed by atoms with Crippen LogP contribution in [0.3, 0.4) is 0 Å². The lowest BCUT2D eigenvalue weighted by atomic mass is 10.1. The number of nitrogens with zero attached hydrogens (tertiary/aromatic N) is 3. The number of hydrogen-bond donors (Lipinski definition) is 9. The zero-order valence-corrected chi connectivity index (χ0v) is 51.9. The second-order valence-electron chi connectivity index (χ2n) is 24.7. The Hall–Kier alpha value is -6.47. The first-order chi connectivity index (χ1) is 38.0. The molecule has 82 heavy (non-hydrogen) atoms. The zero-order chi connectivity index (χ0) is 62.2. The molecule has 25 heteroatoms. The topological polar surface area (TPSA) is 339 Å².